The molecule has 0 saturated carbocycles. The second-order valence-electron chi connectivity index (χ2n) is 14.9. The largest absolute Gasteiger partial charge is 0.493 e. The normalized spacial score (nSPS) is 19.7. The minimum Gasteiger partial charge on any atom is -0.493 e. The molecule has 0 spiro atoms. The lowest BCUT2D eigenvalue weighted by atomic mass is 10.1. The number of hydrogen-bond donors (Lipinski definition) is 1. The zero-order chi connectivity index (χ0) is 43.4. The maximum Gasteiger partial charge on any atom is 0.416 e. The molecule has 1 N–H and O–H groups in total. The molecule has 61 heavy (non-hydrogen) atoms. The van der Waals surface area contributed by atoms with E-state index in [-0.39, 0.29) is 65.4 Å². The van der Waals surface area contributed by atoms with Crippen LogP contribution in [0.25, 0.3) is 0 Å². The number of pyridine rings is 1. The number of carbonyl (C=O) groups excluding carboxylic acids is 3. The molecular weight excluding hydrogens is 829 g/mol. The van der Waals surface area contributed by atoms with Gasteiger partial charge in [-0.2, -0.15) is 0 Å². The molecule has 0 radical (unpaired) electrons. The van der Waals surface area contributed by atoms with E-state index < -0.39 is 29.2 Å². The average molecular weight is 875 g/mol. The Labute approximate surface area is 360 Å². The van der Waals surface area contributed by atoms with Crippen molar-refractivity contribution in [3.8, 4) is 23.0 Å². The topological polar surface area (TPSA) is 196 Å². The molecule has 5 heterocycles. The lowest BCUT2D eigenvalue weighted by molar-refractivity contribution is -0.385. The van der Waals surface area contributed by atoms with E-state index in [1.165, 1.54) is 71.2 Å². The van der Waals surface area contributed by atoms with Crippen molar-refractivity contribution in [2.24, 2.45) is 4.99 Å². The maximum absolute atomic E-state index is 14.0. The number of methoxy groups -OCH3 is 2. The third-order valence-corrected chi connectivity index (χ3v) is 13.3. The minimum atomic E-state index is -1.46. The zero-order valence-electron chi connectivity index (χ0n) is 33.9. The van der Waals surface area contributed by atoms with Gasteiger partial charge < -0.3 is 38.6 Å². The molecule has 17 nitrogen and oxygen atoms in total. The molecule has 1 aromatic heterocycles. The highest BCUT2D eigenvalue weighted by Gasteiger charge is 2.46. The third-order valence-electron chi connectivity index (χ3n) is 10.6. The number of aromatic nitrogens is 1. The second-order valence-corrected chi connectivity index (χ2v) is 17.6. The Kier molecular flexibility index (Phi) is 13.4. The van der Waals surface area contributed by atoms with E-state index in [0.29, 0.717) is 66.6 Å². The van der Waals surface area contributed by atoms with Crippen LogP contribution in [0.15, 0.2) is 76.9 Å². The predicted molar refractivity (Wildman–Crippen MR) is 230 cm³/mol. The number of nitrogens with zero attached hydrogens (tertiary/aromatic N) is 6. The number of aliphatic hydroxyl groups is 1. The quantitative estimate of drug-likeness (QED) is 0.0508. The fourth-order valence-electron chi connectivity index (χ4n) is 7.48. The molecule has 3 unspecified atom stereocenters. The summed E-state index contributed by atoms with van der Waals surface area (Å²) in [7, 11) is 5.61. The molecule has 4 atom stereocenters. The number of aliphatic imine (C=N–C) groups is 1. The van der Waals surface area contributed by atoms with Gasteiger partial charge in [-0.1, -0.05) is 35.1 Å². The highest BCUT2D eigenvalue weighted by atomic mass is 33.1. The van der Waals surface area contributed by atoms with Gasteiger partial charge in [0.25, 0.3) is 17.5 Å². The Morgan fingerprint density at radius 1 is 0.934 bits per heavy atom. The van der Waals surface area contributed by atoms with Crippen LogP contribution in [-0.2, 0) is 4.74 Å². The summed E-state index contributed by atoms with van der Waals surface area (Å²) in [6.45, 7) is 11.2. The van der Waals surface area contributed by atoms with Crippen LogP contribution in [0.4, 0.5) is 21.9 Å². The van der Waals surface area contributed by atoms with Gasteiger partial charge in [-0.25, -0.2) is 14.7 Å². The Morgan fingerprint density at radius 3 is 2.26 bits per heavy atom. The van der Waals surface area contributed by atoms with E-state index in [2.05, 4.69) is 23.1 Å². The number of ether oxygens (including phenoxy) is 5. The van der Waals surface area contributed by atoms with E-state index in [1.807, 2.05) is 6.92 Å². The molecular formula is C42H46N6O11S2. The summed E-state index contributed by atoms with van der Waals surface area (Å²) >= 11 is 0. The summed E-state index contributed by atoms with van der Waals surface area (Å²) in [5, 5.41) is 23.0. The summed E-state index contributed by atoms with van der Waals surface area (Å²) in [6, 6.07) is 8.46. The molecule has 2 aromatic carbocycles. The molecule has 7 rings (SSSR count). The van der Waals surface area contributed by atoms with Gasteiger partial charge in [-0.3, -0.25) is 24.7 Å². The number of fused-ring (bicyclic) bond motifs is 4. The van der Waals surface area contributed by atoms with Crippen molar-refractivity contribution in [3.63, 3.8) is 0 Å². The number of rotatable bonds is 16. The van der Waals surface area contributed by atoms with E-state index >= 15 is 0 Å². The van der Waals surface area contributed by atoms with Gasteiger partial charge >= 0.3 is 6.09 Å². The molecule has 19 heteroatoms. The smallest absolute Gasteiger partial charge is 0.416 e. The number of benzene rings is 2. The summed E-state index contributed by atoms with van der Waals surface area (Å²) in [6.07, 6.45) is 3.65. The Hall–Kier alpha value is -5.79. The molecule has 0 aliphatic carbocycles. The molecule has 4 aliphatic heterocycles. The van der Waals surface area contributed by atoms with Crippen LogP contribution in [-0.4, -0.2) is 120 Å². The highest BCUT2D eigenvalue weighted by molar-refractivity contribution is 8.76. The zero-order valence-corrected chi connectivity index (χ0v) is 35.6. The summed E-state index contributed by atoms with van der Waals surface area (Å²) in [5.74, 6) is 0.954. The lowest BCUT2D eigenvalue weighted by Gasteiger charge is -2.31. The summed E-state index contributed by atoms with van der Waals surface area (Å²) < 4.78 is 29.2. The first-order chi connectivity index (χ1) is 29.4. The summed E-state index contributed by atoms with van der Waals surface area (Å²) in [4.78, 5) is 64.6. The van der Waals surface area contributed by atoms with Crippen LogP contribution >= 0.6 is 21.6 Å². The summed E-state index contributed by atoms with van der Waals surface area (Å²) in [5.41, 5.74) is 2.84. The molecule has 3 amide bonds. The molecule has 0 bridgehead atoms. The number of unbranched alkanes of at least 4 members (excludes halogenated alkanes) is 2. The van der Waals surface area contributed by atoms with Crippen molar-refractivity contribution in [3.05, 3.63) is 88.1 Å². The number of carbonyl (C=O) groups is 3. The predicted octanol–water partition coefficient (Wildman–Crippen LogP) is 7.00. The van der Waals surface area contributed by atoms with Gasteiger partial charge in [-0.05, 0) is 68.0 Å². The number of amides is 3. The first-order valence-electron chi connectivity index (χ1n) is 19.6. The van der Waals surface area contributed by atoms with Crippen molar-refractivity contribution in [1.82, 2.24) is 14.8 Å². The second kappa shape index (κ2) is 18.9. The molecule has 3 aromatic rings. The van der Waals surface area contributed by atoms with Gasteiger partial charge in [0.2, 0.25) is 0 Å². The third kappa shape index (κ3) is 9.43. The van der Waals surface area contributed by atoms with Gasteiger partial charge in [-0.15, -0.1) is 0 Å². The fraction of sp³-hybridized carbons (Fsp3) is 0.405. The van der Waals surface area contributed by atoms with Gasteiger partial charge in [0, 0.05) is 42.8 Å². The van der Waals surface area contributed by atoms with Gasteiger partial charge in [0.1, 0.15) is 17.8 Å². The number of nitro groups is 1. The fourth-order valence-corrected chi connectivity index (χ4v) is 9.34. The van der Waals surface area contributed by atoms with Crippen LogP contribution in [0.1, 0.15) is 59.7 Å². The van der Waals surface area contributed by atoms with E-state index in [0.717, 1.165) is 22.5 Å². The van der Waals surface area contributed by atoms with Crippen LogP contribution in [0, 0.1) is 10.1 Å². The Morgan fingerprint density at radius 2 is 1.59 bits per heavy atom. The molecule has 2 fully saturated rings. The molecule has 2 saturated heterocycles. The standard InChI is InChI=1S/C42H46N6O11S2/c1-24-13-28-20-43-31-17-36(34(55-4)15-29(31)39(49)45(28)21-24)57-11-7-6-8-12-58-37-18-32-30(16-35(37)56-5)40(50)46-22-25(2)14-33(46)41(51)47(32)42(52)59-23-26(3)60-61-38-10-9-27(19-44-38)48(53)54/h9-10,15-20,26,28,33,41,51H,1-2,6-8,11-14,21-23H2,3-5H3/t26-,28?,33?,41?/m1/s1. The molecule has 322 valence electrons. The van der Waals surface area contributed by atoms with Crippen LogP contribution in [0.3, 0.4) is 0 Å². The van der Waals surface area contributed by atoms with Gasteiger partial charge in [0.05, 0.1) is 66.9 Å². The van der Waals surface area contributed by atoms with Crippen molar-refractivity contribution in [2.75, 3.05) is 52.0 Å². The monoisotopic (exact) mass is 874 g/mol. The van der Waals surface area contributed by atoms with Gasteiger partial charge in [0.15, 0.2) is 29.2 Å². The van der Waals surface area contributed by atoms with Crippen molar-refractivity contribution < 1.29 is 48.1 Å². The van der Waals surface area contributed by atoms with Crippen molar-refractivity contribution in [1.29, 1.82) is 0 Å². The number of anilines is 1. The van der Waals surface area contributed by atoms with E-state index in [4.69, 9.17) is 23.7 Å². The van der Waals surface area contributed by atoms with Crippen LogP contribution in [0.5, 0.6) is 23.0 Å². The van der Waals surface area contributed by atoms with Crippen LogP contribution in [0.2, 0.25) is 0 Å². The average Bonchev–Trinajstić information content (AvgIpc) is 3.79. The molecule has 4 aliphatic rings. The Bertz CT molecular complexity index is 2260. The SMILES string of the molecule is C=C1CC2C=Nc3cc(OCCCCCOc4cc5c(cc4OC)C(=O)N4CC(=C)CC4C(O)N5C(=O)OC[C@@H](C)SSc4ccc([N+](=O)[O-])cn4)c(OC)cc3C(=O)N2C1. The lowest BCUT2D eigenvalue weighted by Crippen LogP contribution is -2.51. The minimum absolute atomic E-state index is 0.0525. The number of aliphatic hydroxyl groups excluding tert-OH is 1. The maximum atomic E-state index is 14.0. The Balaban J connectivity index is 0.976. The van der Waals surface area contributed by atoms with E-state index in [9.17, 15) is 29.6 Å². The highest BCUT2D eigenvalue weighted by Crippen LogP contribution is 2.43. The van der Waals surface area contributed by atoms with Crippen LogP contribution < -0.4 is 23.8 Å². The number of hydrogen-bond acceptors (Lipinski definition) is 15. The first kappa shape index (κ1) is 43.3. The van der Waals surface area contributed by atoms with Crippen molar-refractivity contribution >= 4 is 62.8 Å². The first-order valence-corrected chi connectivity index (χ1v) is 21.8. The van der Waals surface area contributed by atoms with E-state index in [1.54, 1.807) is 23.2 Å². The van der Waals surface area contributed by atoms with Crippen molar-refractivity contribution in [2.45, 2.75) is 67.6 Å².